The van der Waals surface area contributed by atoms with Crippen molar-refractivity contribution in [3.63, 3.8) is 0 Å². The number of H-pyrrole nitrogens is 1. The number of rotatable bonds is 1. The lowest BCUT2D eigenvalue weighted by Gasteiger charge is -2.28. The Kier molecular flexibility index (Phi) is 2.63. The Labute approximate surface area is 113 Å². The van der Waals surface area contributed by atoms with E-state index in [-0.39, 0.29) is 0 Å². The molecule has 1 aromatic heterocycles. The molecule has 96 valence electrons. The Morgan fingerprint density at radius 3 is 2.83 bits per heavy atom. The lowest BCUT2D eigenvalue weighted by molar-refractivity contribution is 0.264. The summed E-state index contributed by atoms with van der Waals surface area (Å²) in [6, 6.07) is 7.05. The molecule has 3 rings (SSSR count). The maximum atomic E-state index is 5.54. The minimum atomic E-state index is 0.344. The Bertz CT molecular complexity index is 648. The lowest BCUT2D eigenvalue weighted by Crippen LogP contribution is -2.21. The van der Waals surface area contributed by atoms with Gasteiger partial charge in [0.05, 0.1) is 11.0 Å². The number of aryl methyl sites for hydroxylation is 1. The van der Waals surface area contributed by atoms with E-state index in [1.54, 1.807) is 0 Å². The molecule has 0 bridgehead atoms. The van der Waals surface area contributed by atoms with Gasteiger partial charge in [-0.2, -0.15) is 0 Å². The first-order valence-corrected chi connectivity index (χ1v) is 7.11. The highest BCUT2D eigenvalue weighted by molar-refractivity contribution is 7.71. The van der Waals surface area contributed by atoms with E-state index in [0.717, 1.165) is 10.3 Å². The number of nitrogens with zero attached hydrogens (tertiary/aromatic N) is 1. The molecule has 18 heavy (non-hydrogen) atoms. The zero-order valence-corrected chi connectivity index (χ0v) is 12.1. The Balaban J connectivity index is 2.25. The average molecular weight is 260 g/mol. The monoisotopic (exact) mass is 260 g/mol. The van der Waals surface area contributed by atoms with Crippen LogP contribution in [0.2, 0.25) is 0 Å². The molecule has 1 aliphatic rings. The van der Waals surface area contributed by atoms with Crippen molar-refractivity contribution in [2.24, 2.45) is 5.41 Å². The van der Waals surface area contributed by atoms with Gasteiger partial charge in [0.15, 0.2) is 4.77 Å². The molecule has 1 N–H and O–H groups in total. The molecular formula is C15H20N2S. The number of fused-ring (bicyclic) bond motifs is 1. The van der Waals surface area contributed by atoms with Crippen LogP contribution in [0.5, 0.6) is 0 Å². The summed E-state index contributed by atoms with van der Waals surface area (Å²) in [6.45, 7) is 6.86. The number of benzene rings is 1. The highest BCUT2D eigenvalue weighted by Gasteiger charge is 2.36. The Hall–Kier alpha value is -1.09. The van der Waals surface area contributed by atoms with Crippen molar-refractivity contribution in [1.82, 2.24) is 9.55 Å². The van der Waals surface area contributed by atoms with E-state index in [1.807, 2.05) is 0 Å². The first-order valence-electron chi connectivity index (χ1n) is 6.70. The first kappa shape index (κ1) is 12.0. The molecule has 2 aromatic rings. The van der Waals surface area contributed by atoms with Gasteiger partial charge in [-0.15, -0.1) is 0 Å². The van der Waals surface area contributed by atoms with Gasteiger partial charge in [-0.05, 0) is 55.1 Å². The highest BCUT2D eigenvalue weighted by atomic mass is 32.1. The second-order valence-corrected chi connectivity index (χ2v) is 6.60. The van der Waals surface area contributed by atoms with Gasteiger partial charge >= 0.3 is 0 Å². The van der Waals surface area contributed by atoms with Crippen molar-refractivity contribution in [1.29, 1.82) is 0 Å². The van der Waals surface area contributed by atoms with Crippen LogP contribution in [0.3, 0.4) is 0 Å². The maximum Gasteiger partial charge on any atom is 0.178 e. The van der Waals surface area contributed by atoms with E-state index in [0.29, 0.717) is 11.5 Å². The van der Waals surface area contributed by atoms with E-state index in [2.05, 4.69) is 48.5 Å². The van der Waals surface area contributed by atoms with Crippen molar-refractivity contribution in [2.75, 3.05) is 0 Å². The van der Waals surface area contributed by atoms with Crippen LogP contribution in [-0.2, 0) is 0 Å². The van der Waals surface area contributed by atoms with E-state index in [1.165, 1.54) is 30.3 Å². The third-order valence-electron chi connectivity index (χ3n) is 4.39. The fourth-order valence-corrected chi connectivity index (χ4v) is 3.66. The summed E-state index contributed by atoms with van der Waals surface area (Å²) in [5, 5.41) is 0. The molecule has 1 heterocycles. The minimum absolute atomic E-state index is 0.344. The van der Waals surface area contributed by atoms with Crippen LogP contribution in [0.25, 0.3) is 11.0 Å². The molecule has 0 radical (unpaired) electrons. The summed E-state index contributed by atoms with van der Waals surface area (Å²) in [5.74, 6) is 0. The Morgan fingerprint density at radius 2 is 2.17 bits per heavy atom. The predicted molar refractivity (Wildman–Crippen MR) is 78.5 cm³/mol. The van der Waals surface area contributed by atoms with Crippen LogP contribution in [0.15, 0.2) is 18.2 Å². The fraction of sp³-hybridized carbons (Fsp3) is 0.533. The SMILES string of the molecule is Cc1ccc2[nH]c(=S)n(C3CCCC3(C)C)c2c1. The fourth-order valence-electron chi connectivity index (χ4n) is 3.33. The van der Waals surface area contributed by atoms with Gasteiger partial charge in [0.2, 0.25) is 0 Å². The number of aromatic amines is 1. The second kappa shape index (κ2) is 3.95. The highest BCUT2D eigenvalue weighted by Crippen LogP contribution is 2.47. The molecule has 0 spiro atoms. The third kappa shape index (κ3) is 1.72. The molecule has 1 aromatic carbocycles. The summed E-state index contributed by atoms with van der Waals surface area (Å²) < 4.78 is 3.22. The molecule has 2 nitrogen and oxygen atoms in total. The number of hydrogen-bond acceptors (Lipinski definition) is 1. The van der Waals surface area contributed by atoms with Crippen molar-refractivity contribution in [3.05, 3.63) is 28.5 Å². The summed E-state index contributed by atoms with van der Waals surface area (Å²) in [6.07, 6.45) is 3.83. The number of aromatic nitrogens is 2. The topological polar surface area (TPSA) is 20.7 Å². The Morgan fingerprint density at radius 1 is 1.39 bits per heavy atom. The predicted octanol–water partition coefficient (Wildman–Crippen LogP) is 4.76. The molecule has 1 aliphatic carbocycles. The minimum Gasteiger partial charge on any atom is -0.331 e. The van der Waals surface area contributed by atoms with Gasteiger partial charge in [0, 0.05) is 6.04 Å². The third-order valence-corrected chi connectivity index (χ3v) is 4.68. The zero-order valence-electron chi connectivity index (χ0n) is 11.3. The van der Waals surface area contributed by atoms with Crippen LogP contribution in [0, 0.1) is 17.1 Å². The van der Waals surface area contributed by atoms with Gasteiger partial charge in [-0.1, -0.05) is 26.3 Å². The van der Waals surface area contributed by atoms with E-state index in [4.69, 9.17) is 12.2 Å². The molecule has 3 heteroatoms. The average Bonchev–Trinajstić information content (AvgIpc) is 2.77. The lowest BCUT2D eigenvalue weighted by atomic mass is 9.87. The van der Waals surface area contributed by atoms with Crippen LogP contribution < -0.4 is 0 Å². The van der Waals surface area contributed by atoms with Crippen molar-refractivity contribution < 1.29 is 0 Å². The smallest absolute Gasteiger partial charge is 0.178 e. The van der Waals surface area contributed by atoms with Crippen LogP contribution in [-0.4, -0.2) is 9.55 Å². The molecule has 0 saturated heterocycles. The maximum absolute atomic E-state index is 5.54. The molecule has 0 amide bonds. The van der Waals surface area contributed by atoms with Gasteiger partial charge in [-0.25, -0.2) is 0 Å². The summed E-state index contributed by atoms with van der Waals surface area (Å²) in [5.41, 5.74) is 4.06. The normalized spacial score (nSPS) is 22.7. The number of hydrogen-bond donors (Lipinski definition) is 1. The molecule has 0 aliphatic heterocycles. The molecule has 1 fully saturated rings. The van der Waals surface area contributed by atoms with Gasteiger partial charge < -0.3 is 9.55 Å². The van der Waals surface area contributed by atoms with Crippen LogP contribution in [0.4, 0.5) is 0 Å². The van der Waals surface area contributed by atoms with Crippen molar-refractivity contribution in [2.45, 2.75) is 46.1 Å². The van der Waals surface area contributed by atoms with Crippen LogP contribution in [0.1, 0.15) is 44.7 Å². The second-order valence-electron chi connectivity index (χ2n) is 6.22. The zero-order chi connectivity index (χ0) is 12.9. The van der Waals surface area contributed by atoms with E-state index >= 15 is 0 Å². The van der Waals surface area contributed by atoms with Crippen molar-refractivity contribution >= 4 is 23.3 Å². The first-order chi connectivity index (χ1) is 8.49. The number of nitrogens with one attached hydrogen (secondary N) is 1. The van der Waals surface area contributed by atoms with Crippen LogP contribution >= 0.6 is 12.2 Å². The summed E-state index contributed by atoms with van der Waals surface area (Å²) >= 11 is 5.54. The van der Waals surface area contributed by atoms with Gasteiger partial charge in [0.25, 0.3) is 0 Å². The number of imidazole rings is 1. The molecule has 1 atom stereocenters. The molecule has 1 saturated carbocycles. The van der Waals surface area contributed by atoms with E-state index in [9.17, 15) is 0 Å². The largest absolute Gasteiger partial charge is 0.331 e. The molecule has 1 unspecified atom stereocenters. The summed E-state index contributed by atoms with van der Waals surface area (Å²) in [4.78, 5) is 3.35. The van der Waals surface area contributed by atoms with E-state index < -0.39 is 0 Å². The van der Waals surface area contributed by atoms with Gasteiger partial charge in [-0.3, -0.25) is 0 Å². The molecular weight excluding hydrogens is 240 g/mol. The van der Waals surface area contributed by atoms with Crippen molar-refractivity contribution in [3.8, 4) is 0 Å². The standard InChI is InChI=1S/C15H20N2S/c1-10-6-7-11-12(9-10)17(14(18)16-11)13-5-4-8-15(13,2)3/h6-7,9,13H,4-5,8H2,1-3H3,(H,16,18). The van der Waals surface area contributed by atoms with Gasteiger partial charge in [0.1, 0.15) is 0 Å². The summed E-state index contributed by atoms with van der Waals surface area (Å²) in [7, 11) is 0. The quantitative estimate of drug-likeness (QED) is 0.733.